The van der Waals surface area contributed by atoms with Crippen molar-refractivity contribution in [2.75, 3.05) is 9.80 Å². The molecular formula is C82H50N2O2S. The van der Waals surface area contributed by atoms with Crippen molar-refractivity contribution in [2.24, 2.45) is 0 Å². The molecule has 0 atom stereocenters. The largest absolute Gasteiger partial charge is 0.457 e. The van der Waals surface area contributed by atoms with Gasteiger partial charge in [0.2, 0.25) is 0 Å². The van der Waals surface area contributed by atoms with Crippen molar-refractivity contribution in [1.29, 1.82) is 0 Å². The molecular weight excluding hydrogens is 1080 g/mol. The van der Waals surface area contributed by atoms with Crippen molar-refractivity contribution in [2.45, 2.75) is 20.6 Å². The molecule has 0 N–H and O–H groups in total. The number of anilines is 6. The first-order valence-electron chi connectivity index (χ1n) is 29.9. The van der Waals surface area contributed by atoms with Gasteiger partial charge in [-0.25, -0.2) is 0 Å². The van der Waals surface area contributed by atoms with Crippen LogP contribution in [0.15, 0.2) is 318 Å². The summed E-state index contributed by atoms with van der Waals surface area (Å²) in [4.78, 5) is 7.26. The molecule has 19 rings (SSSR count). The molecule has 1 aromatic heterocycles. The van der Waals surface area contributed by atoms with Crippen LogP contribution >= 0.6 is 11.8 Å². The van der Waals surface area contributed by atoms with E-state index < -0.39 is 10.8 Å². The number of para-hydroxylation sites is 1. The number of rotatable bonds is 6. The molecule has 15 aromatic rings. The third-order valence-electron chi connectivity index (χ3n) is 19.1. The minimum Gasteiger partial charge on any atom is -0.457 e. The van der Waals surface area contributed by atoms with Gasteiger partial charge in [0.1, 0.15) is 22.7 Å². The van der Waals surface area contributed by atoms with Crippen LogP contribution in [0.5, 0.6) is 11.5 Å². The lowest BCUT2D eigenvalue weighted by Gasteiger charge is -2.40. The summed E-state index contributed by atoms with van der Waals surface area (Å²) in [5.41, 5.74) is 21.9. The highest BCUT2D eigenvalue weighted by Gasteiger charge is 2.52. The molecule has 4 aliphatic rings. The Balaban J connectivity index is 0.764. The standard InChI is InChI=1S/C82H50N2O2S/c1-3-19-53-45-55(35-33-51(53)17-1)83(59-39-43-72-78(49-59)85-75-31-15-13-29-71(75)81(72)67-25-9-5-21-61(67)62-22-6-10-26-68(62)81)57-37-41-65-66-42-38-58(48-77(66)86-76(65)47-57)84(56-36-34-52-18-2-4-20-54(52)46-56)60-40-44-74-80(50-60)87-79-32-16-14-30-73(79)82(74)69-27-11-7-23-63(69)64-24-8-12-28-70(64)82/h1-50H. The van der Waals surface area contributed by atoms with Crippen LogP contribution in [0.25, 0.3) is 65.7 Å². The molecule has 0 unspecified atom stereocenters. The van der Waals surface area contributed by atoms with Gasteiger partial charge >= 0.3 is 0 Å². The smallest absolute Gasteiger partial charge is 0.137 e. The van der Waals surface area contributed by atoms with Crippen LogP contribution < -0.4 is 14.5 Å². The summed E-state index contributed by atoms with van der Waals surface area (Å²) in [5.74, 6) is 1.69. The second-order valence-corrected chi connectivity index (χ2v) is 24.5. The van der Waals surface area contributed by atoms with E-state index in [2.05, 4.69) is 313 Å². The lowest BCUT2D eigenvalue weighted by atomic mass is 9.66. The van der Waals surface area contributed by atoms with Crippen LogP contribution in [0.4, 0.5) is 34.1 Å². The van der Waals surface area contributed by atoms with E-state index in [0.717, 1.165) is 84.1 Å². The number of hydrogen-bond acceptors (Lipinski definition) is 5. The normalized spacial score (nSPS) is 14.0. The van der Waals surface area contributed by atoms with Crippen molar-refractivity contribution in [3.63, 3.8) is 0 Å². The van der Waals surface area contributed by atoms with Crippen molar-refractivity contribution in [3.8, 4) is 33.8 Å². The van der Waals surface area contributed by atoms with Crippen molar-refractivity contribution in [1.82, 2.24) is 0 Å². The van der Waals surface area contributed by atoms with Crippen molar-refractivity contribution >= 4 is 89.4 Å². The van der Waals surface area contributed by atoms with E-state index >= 15 is 0 Å². The van der Waals surface area contributed by atoms with Crippen molar-refractivity contribution in [3.05, 3.63) is 348 Å². The fourth-order valence-corrected chi connectivity index (χ4v) is 16.8. The second kappa shape index (κ2) is 18.3. The van der Waals surface area contributed by atoms with Crippen molar-refractivity contribution < 1.29 is 9.15 Å². The van der Waals surface area contributed by atoms with Crippen LogP contribution in [0.2, 0.25) is 0 Å². The van der Waals surface area contributed by atoms with E-state index in [1.807, 2.05) is 11.8 Å². The minimum absolute atomic E-state index is 0.468. The Labute approximate surface area is 507 Å². The SMILES string of the molecule is c1ccc2c(c1)Oc1cc(N(c3ccc4ccccc4c3)c3ccc4c(c3)oc3cc(N(c5ccc6c(c5)Sc5ccccc5C65c6ccccc6-c6ccccc65)c5ccc6ccccc6c5)ccc34)ccc1C21c2ccccc2-c2ccccc21. The lowest BCUT2D eigenvalue weighted by Crippen LogP contribution is -2.32. The Kier molecular flexibility index (Phi) is 10.2. The number of fused-ring (bicyclic) bond motifs is 23. The van der Waals surface area contributed by atoms with Gasteiger partial charge in [0.05, 0.1) is 10.8 Å². The highest BCUT2D eigenvalue weighted by Crippen LogP contribution is 2.65. The zero-order valence-electron chi connectivity index (χ0n) is 47.0. The van der Waals surface area contributed by atoms with E-state index in [9.17, 15) is 0 Å². The first kappa shape index (κ1) is 48.5. The molecule has 0 saturated heterocycles. The third kappa shape index (κ3) is 6.80. The molecule has 2 spiro atoms. The molecule has 87 heavy (non-hydrogen) atoms. The first-order valence-corrected chi connectivity index (χ1v) is 30.7. The van der Waals surface area contributed by atoms with Gasteiger partial charge in [0, 0.05) is 84.0 Å². The number of furan rings is 1. The highest BCUT2D eigenvalue weighted by atomic mass is 32.2. The molecule has 0 saturated carbocycles. The van der Waals surface area contributed by atoms with Gasteiger partial charge < -0.3 is 19.0 Å². The van der Waals surface area contributed by atoms with Crippen LogP contribution in [-0.2, 0) is 10.8 Å². The molecule has 2 aliphatic heterocycles. The zero-order valence-corrected chi connectivity index (χ0v) is 47.8. The minimum atomic E-state index is -0.567. The number of ether oxygens (including phenoxy) is 1. The van der Waals surface area contributed by atoms with Crippen LogP contribution in [0.3, 0.4) is 0 Å². The monoisotopic (exact) mass is 1130 g/mol. The topological polar surface area (TPSA) is 28.9 Å². The van der Waals surface area contributed by atoms with Gasteiger partial charge in [-0.3, -0.25) is 0 Å². The van der Waals surface area contributed by atoms with E-state index in [1.54, 1.807) is 0 Å². The average Bonchev–Trinajstić information content (AvgIpc) is 1.69. The average molecular weight is 1130 g/mol. The fourth-order valence-electron chi connectivity index (χ4n) is 15.5. The van der Waals surface area contributed by atoms with Gasteiger partial charge in [-0.2, -0.15) is 0 Å². The van der Waals surface area contributed by atoms with E-state index in [1.165, 1.54) is 81.6 Å². The molecule has 5 heteroatoms. The van der Waals surface area contributed by atoms with Gasteiger partial charge in [0.15, 0.2) is 0 Å². The Morgan fingerprint density at radius 3 is 1.17 bits per heavy atom. The van der Waals surface area contributed by atoms with Crippen LogP contribution in [0.1, 0.15) is 44.5 Å². The first-order chi connectivity index (χ1) is 43.1. The van der Waals surface area contributed by atoms with E-state index in [4.69, 9.17) is 9.15 Å². The Morgan fingerprint density at radius 2 is 0.621 bits per heavy atom. The Hall–Kier alpha value is -10.9. The number of nitrogens with zero attached hydrogens (tertiary/aromatic N) is 2. The fraction of sp³-hybridized carbons (Fsp3) is 0.0244. The molecule has 0 fully saturated rings. The Morgan fingerprint density at radius 1 is 0.253 bits per heavy atom. The summed E-state index contributed by atoms with van der Waals surface area (Å²) in [6, 6.07) is 112. The maximum absolute atomic E-state index is 7.15. The number of hydrogen-bond donors (Lipinski definition) is 0. The molecule has 14 aromatic carbocycles. The third-order valence-corrected chi connectivity index (χ3v) is 20.3. The van der Waals surface area contributed by atoms with Gasteiger partial charge in [0.25, 0.3) is 0 Å². The highest BCUT2D eigenvalue weighted by molar-refractivity contribution is 7.99. The number of benzene rings is 14. The molecule has 0 amide bonds. The van der Waals surface area contributed by atoms with Gasteiger partial charge in [-0.05, 0) is 156 Å². The van der Waals surface area contributed by atoms with E-state index in [-0.39, 0.29) is 0 Å². The van der Waals surface area contributed by atoms with Crippen LogP contribution in [-0.4, -0.2) is 0 Å². The molecule has 0 bridgehead atoms. The predicted molar refractivity (Wildman–Crippen MR) is 357 cm³/mol. The summed E-state index contributed by atoms with van der Waals surface area (Å²) in [5, 5.41) is 6.82. The maximum atomic E-state index is 7.15. The molecule has 2 aliphatic carbocycles. The molecule has 4 nitrogen and oxygen atoms in total. The van der Waals surface area contributed by atoms with Gasteiger partial charge in [-0.1, -0.05) is 218 Å². The molecule has 3 heterocycles. The zero-order chi connectivity index (χ0) is 57.0. The summed E-state index contributed by atoms with van der Waals surface area (Å²) in [6.45, 7) is 0. The van der Waals surface area contributed by atoms with E-state index in [0.29, 0.717) is 0 Å². The lowest BCUT2D eigenvalue weighted by molar-refractivity contribution is 0.436. The molecule has 0 radical (unpaired) electrons. The molecule has 406 valence electrons. The second-order valence-electron chi connectivity index (χ2n) is 23.4. The predicted octanol–water partition coefficient (Wildman–Crippen LogP) is 22.1. The van der Waals surface area contributed by atoms with Crippen LogP contribution in [0, 0.1) is 0 Å². The summed E-state index contributed by atoms with van der Waals surface area (Å²) in [7, 11) is 0. The summed E-state index contributed by atoms with van der Waals surface area (Å²) in [6.07, 6.45) is 0. The van der Waals surface area contributed by atoms with Gasteiger partial charge in [-0.15, -0.1) is 0 Å². The summed E-state index contributed by atoms with van der Waals surface area (Å²) >= 11 is 1.87. The summed E-state index contributed by atoms with van der Waals surface area (Å²) < 4.78 is 14.2. The quantitative estimate of drug-likeness (QED) is 0.165. The Bertz CT molecular complexity index is 5000. The maximum Gasteiger partial charge on any atom is 0.137 e.